The molecule has 31 heavy (non-hydrogen) atoms. The number of amides is 1. The maximum atomic E-state index is 11.3. The monoisotopic (exact) mass is 418 g/mol. The zero-order valence-corrected chi connectivity index (χ0v) is 17.5. The summed E-state index contributed by atoms with van der Waals surface area (Å²) in [5.41, 5.74) is 2.30. The molecule has 2 aromatic heterocycles. The summed E-state index contributed by atoms with van der Waals surface area (Å²) in [6.07, 6.45) is 6.68. The summed E-state index contributed by atoms with van der Waals surface area (Å²) in [5, 5.41) is 4.26. The van der Waals surface area contributed by atoms with E-state index in [4.69, 9.17) is 19.2 Å². The van der Waals surface area contributed by atoms with E-state index in [-0.39, 0.29) is 11.8 Å². The van der Waals surface area contributed by atoms with Crippen molar-refractivity contribution in [2.75, 3.05) is 33.2 Å². The molecule has 0 saturated heterocycles. The molecule has 1 aromatic carbocycles. The summed E-state index contributed by atoms with van der Waals surface area (Å²) in [6.45, 7) is 0.545. The van der Waals surface area contributed by atoms with Crippen molar-refractivity contribution in [2.24, 2.45) is 10.9 Å². The van der Waals surface area contributed by atoms with Gasteiger partial charge in [0.05, 0.1) is 32.5 Å². The Balaban J connectivity index is 1.75. The second kappa shape index (κ2) is 8.83. The highest BCUT2D eigenvalue weighted by Gasteiger charge is 2.17. The first-order valence-electron chi connectivity index (χ1n) is 9.69. The van der Waals surface area contributed by atoms with E-state index < -0.39 is 0 Å². The molecule has 8 heteroatoms. The Morgan fingerprint density at radius 1 is 1.06 bits per heavy atom. The topological polar surface area (TPSA) is 94.9 Å². The number of nitrogens with one attached hydrogen (secondary N) is 1. The molecule has 1 amide bonds. The summed E-state index contributed by atoms with van der Waals surface area (Å²) >= 11 is 0. The van der Waals surface area contributed by atoms with Gasteiger partial charge >= 0.3 is 0 Å². The van der Waals surface area contributed by atoms with E-state index in [9.17, 15) is 4.79 Å². The lowest BCUT2D eigenvalue weighted by molar-refractivity contribution is -0.113. The number of aromatic nitrogens is 2. The molecule has 0 bridgehead atoms. The molecule has 0 spiro atoms. The quantitative estimate of drug-likeness (QED) is 0.627. The van der Waals surface area contributed by atoms with E-state index in [0.717, 1.165) is 16.5 Å². The third-order valence-electron chi connectivity index (χ3n) is 4.94. The predicted molar refractivity (Wildman–Crippen MR) is 119 cm³/mol. The molecule has 0 saturated carbocycles. The number of hydrogen-bond acceptors (Lipinski definition) is 7. The molecular formula is C23H22N4O4. The van der Waals surface area contributed by atoms with Crippen molar-refractivity contribution in [2.45, 2.75) is 0 Å². The summed E-state index contributed by atoms with van der Waals surface area (Å²) < 4.78 is 16.4. The third-order valence-corrected chi connectivity index (χ3v) is 4.94. The second-order valence-electron chi connectivity index (χ2n) is 6.86. The van der Waals surface area contributed by atoms with E-state index in [0.29, 0.717) is 35.3 Å². The number of methoxy groups -OCH3 is 3. The van der Waals surface area contributed by atoms with Crippen LogP contribution in [0, 0.1) is 5.92 Å². The molecule has 8 nitrogen and oxygen atoms in total. The van der Waals surface area contributed by atoms with Gasteiger partial charge in [-0.2, -0.15) is 0 Å². The standard InChI is InChI=1S/C23H22N4O4/c1-29-19-9-15(10-20(30-2)22(19)31-3)17-11-18-16(5-4-8-24-18)23(27-17)26-13-14-6-7-21(28)25-12-14/h4-12,14H,13H2,1-3H3,(H,26,27). The van der Waals surface area contributed by atoms with Crippen LogP contribution in [0.3, 0.4) is 0 Å². The number of rotatable bonds is 7. The Morgan fingerprint density at radius 2 is 1.84 bits per heavy atom. The highest BCUT2D eigenvalue weighted by atomic mass is 16.5. The average molecular weight is 418 g/mol. The Morgan fingerprint density at radius 3 is 2.48 bits per heavy atom. The fraction of sp³-hybridized carbons (Fsp3) is 0.217. The number of aliphatic imine (C=N–C) groups is 1. The van der Waals surface area contributed by atoms with Crippen LogP contribution in [0.4, 0.5) is 5.82 Å². The Bertz CT molecular complexity index is 1150. The second-order valence-corrected chi connectivity index (χ2v) is 6.86. The van der Waals surface area contributed by atoms with Gasteiger partial charge in [0.2, 0.25) is 5.75 Å². The molecule has 1 aliphatic rings. The third kappa shape index (κ3) is 4.18. The van der Waals surface area contributed by atoms with Gasteiger partial charge < -0.3 is 19.5 Å². The number of ether oxygens (including phenoxy) is 3. The first kappa shape index (κ1) is 20.3. The van der Waals surface area contributed by atoms with Crippen LogP contribution in [0.5, 0.6) is 17.2 Å². The van der Waals surface area contributed by atoms with Crippen LogP contribution in [0.1, 0.15) is 0 Å². The van der Waals surface area contributed by atoms with Crippen LogP contribution >= 0.6 is 0 Å². The predicted octanol–water partition coefficient (Wildman–Crippen LogP) is 3.52. The molecule has 1 unspecified atom stereocenters. The molecule has 158 valence electrons. The molecule has 0 fully saturated rings. The molecule has 4 rings (SSSR count). The molecule has 0 radical (unpaired) electrons. The van der Waals surface area contributed by atoms with Gasteiger partial charge in [0.1, 0.15) is 5.82 Å². The van der Waals surface area contributed by atoms with E-state index in [1.807, 2.05) is 36.4 Å². The lowest BCUT2D eigenvalue weighted by Crippen LogP contribution is -2.17. The lowest BCUT2D eigenvalue weighted by atomic mass is 10.1. The Hall–Kier alpha value is -3.94. The van der Waals surface area contributed by atoms with Gasteiger partial charge in [0.15, 0.2) is 11.5 Å². The molecule has 3 aromatic rings. The van der Waals surface area contributed by atoms with Crippen molar-refractivity contribution in [1.82, 2.24) is 9.97 Å². The van der Waals surface area contributed by atoms with Crippen molar-refractivity contribution in [3.8, 4) is 28.5 Å². The van der Waals surface area contributed by atoms with E-state index in [2.05, 4.69) is 15.3 Å². The van der Waals surface area contributed by atoms with Crippen molar-refractivity contribution < 1.29 is 19.0 Å². The number of fused-ring (bicyclic) bond motifs is 1. The number of nitrogens with zero attached hydrogens (tertiary/aromatic N) is 3. The molecule has 1 N–H and O–H groups in total. The van der Waals surface area contributed by atoms with Crippen molar-refractivity contribution >= 4 is 28.8 Å². The number of carbonyl (C=O) groups is 1. The van der Waals surface area contributed by atoms with Crippen LogP contribution in [-0.4, -0.2) is 50.0 Å². The number of hydrogen-bond donors (Lipinski definition) is 1. The van der Waals surface area contributed by atoms with Crippen LogP contribution in [0.25, 0.3) is 22.2 Å². The maximum absolute atomic E-state index is 11.3. The van der Waals surface area contributed by atoms with Gasteiger partial charge in [-0.15, -0.1) is 0 Å². The molecule has 3 heterocycles. The lowest BCUT2D eigenvalue weighted by Gasteiger charge is -2.16. The number of benzene rings is 1. The number of dihydropyridines is 1. The zero-order chi connectivity index (χ0) is 21.8. The summed E-state index contributed by atoms with van der Waals surface area (Å²) in [6, 6.07) is 9.45. The SMILES string of the molecule is COc1cc(-c2cc3ncccc3c(NCC3C=CC(=O)N=C3)n2)cc(OC)c1OC. The van der Waals surface area contributed by atoms with Crippen molar-refractivity contribution in [3.63, 3.8) is 0 Å². The van der Waals surface area contributed by atoms with Crippen LogP contribution in [0.2, 0.25) is 0 Å². The van der Waals surface area contributed by atoms with Crippen molar-refractivity contribution in [1.29, 1.82) is 0 Å². The molecule has 1 atom stereocenters. The first-order chi connectivity index (χ1) is 15.1. The van der Waals surface area contributed by atoms with Gasteiger partial charge in [-0.3, -0.25) is 9.78 Å². The fourth-order valence-electron chi connectivity index (χ4n) is 3.39. The number of carbonyl (C=O) groups excluding carboxylic acids is 1. The highest BCUT2D eigenvalue weighted by molar-refractivity contribution is 5.97. The van der Waals surface area contributed by atoms with Crippen molar-refractivity contribution in [3.05, 3.63) is 48.7 Å². The van der Waals surface area contributed by atoms with Gasteiger partial charge in [0, 0.05) is 41.9 Å². The highest BCUT2D eigenvalue weighted by Crippen LogP contribution is 2.41. The normalized spacial score (nSPS) is 15.2. The molecular weight excluding hydrogens is 396 g/mol. The van der Waals surface area contributed by atoms with Gasteiger partial charge in [-0.05, 0) is 30.3 Å². The molecule has 1 aliphatic heterocycles. The Labute approximate surface area is 179 Å². The largest absolute Gasteiger partial charge is 0.493 e. The summed E-state index contributed by atoms with van der Waals surface area (Å²) in [4.78, 5) is 24.4. The maximum Gasteiger partial charge on any atom is 0.269 e. The van der Waals surface area contributed by atoms with Crippen LogP contribution in [0.15, 0.2) is 53.7 Å². The minimum absolute atomic E-state index is 0.00366. The minimum Gasteiger partial charge on any atom is -0.493 e. The summed E-state index contributed by atoms with van der Waals surface area (Å²) in [5.74, 6) is 2.05. The van der Waals surface area contributed by atoms with Crippen LogP contribution in [-0.2, 0) is 4.79 Å². The van der Waals surface area contributed by atoms with Gasteiger partial charge in [-0.25, -0.2) is 9.98 Å². The van der Waals surface area contributed by atoms with Gasteiger partial charge in [0.25, 0.3) is 5.91 Å². The minimum atomic E-state index is -0.242. The van der Waals surface area contributed by atoms with E-state index >= 15 is 0 Å². The molecule has 0 aliphatic carbocycles. The smallest absolute Gasteiger partial charge is 0.269 e. The Kier molecular flexibility index (Phi) is 5.79. The summed E-state index contributed by atoms with van der Waals surface area (Å²) in [7, 11) is 4.72. The fourth-order valence-corrected chi connectivity index (χ4v) is 3.39. The van der Waals surface area contributed by atoms with Crippen LogP contribution < -0.4 is 19.5 Å². The zero-order valence-electron chi connectivity index (χ0n) is 17.5. The van der Waals surface area contributed by atoms with E-state index in [1.54, 1.807) is 33.7 Å². The average Bonchev–Trinajstić information content (AvgIpc) is 2.82. The number of anilines is 1. The van der Waals surface area contributed by atoms with Gasteiger partial charge in [-0.1, -0.05) is 6.08 Å². The van der Waals surface area contributed by atoms with E-state index in [1.165, 1.54) is 6.08 Å². The first-order valence-corrected chi connectivity index (χ1v) is 9.69. The number of pyridine rings is 2.